The summed E-state index contributed by atoms with van der Waals surface area (Å²) < 4.78 is 57.0. The molecule has 30 heavy (non-hydrogen) atoms. The first-order valence-corrected chi connectivity index (χ1v) is 11.8. The molecule has 0 spiro atoms. The van der Waals surface area contributed by atoms with Gasteiger partial charge in [0.15, 0.2) is 0 Å². The monoisotopic (exact) mass is 475 g/mol. The Morgan fingerprint density at radius 2 is 1.53 bits per heavy atom. The van der Waals surface area contributed by atoms with Gasteiger partial charge < -0.3 is 10.1 Å². The summed E-state index contributed by atoms with van der Waals surface area (Å²) in [5, 5.41) is 2.89. The van der Waals surface area contributed by atoms with Gasteiger partial charge in [-0.15, -0.1) is 0 Å². The zero-order valence-electron chi connectivity index (χ0n) is 16.8. The predicted molar refractivity (Wildman–Crippen MR) is 114 cm³/mol. The number of carbonyl (C=O) groups is 1. The number of halogens is 1. The Balaban J connectivity index is 2.24. The molecule has 0 saturated heterocycles. The van der Waals surface area contributed by atoms with Gasteiger partial charge in [0, 0.05) is 26.2 Å². The summed E-state index contributed by atoms with van der Waals surface area (Å²) in [7, 11) is -2.27. The summed E-state index contributed by atoms with van der Waals surface area (Å²) in [6.07, 6.45) is 0. The Bertz CT molecular complexity index is 1130. The van der Waals surface area contributed by atoms with Crippen molar-refractivity contribution in [2.24, 2.45) is 0 Å². The summed E-state index contributed by atoms with van der Waals surface area (Å²) in [4.78, 5) is 12.4. The molecular formula is C18H22ClN3O6S2. The van der Waals surface area contributed by atoms with Gasteiger partial charge in [-0.25, -0.2) is 21.1 Å². The molecule has 0 aliphatic carbocycles. The van der Waals surface area contributed by atoms with Crippen LogP contribution in [-0.4, -0.2) is 66.2 Å². The minimum atomic E-state index is -3.92. The van der Waals surface area contributed by atoms with Crippen molar-refractivity contribution in [1.82, 2.24) is 8.61 Å². The number of carbonyl (C=O) groups excluding carboxylic acids is 1. The molecule has 1 N–H and O–H groups in total. The van der Waals surface area contributed by atoms with E-state index in [0.29, 0.717) is 5.02 Å². The van der Waals surface area contributed by atoms with Gasteiger partial charge in [0.25, 0.3) is 0 Å². The number of sulfonamides is 2. The lowest BCUT2D eigenvalue weighted by Gasteiger charge is -2.18. The van der Waals surface area contributed by atoms with Crippen LogP contribution in [0.25, 0.3) is 0 Å². The lowest BCUT2D eigenvalue weighted by Crippen LogP contribution is -2.35. The van der Waals surface area contributed by atoms with E-state index in [4.69, 9.17) is 16.3 Å². The molecule has 0 atom stereocenters. The van der Waals surface area contributed by atoms with Gasteiger partial charge in [0.05, 0.1) is 29.1 Å². The number of hydrogen-bond donors (Lipinski definition) is 1. The Morgan fingerprint density at radius 1 is 0.967 bits per heavy atom. The maximum Gasteiger partial charge on any atom is 0.243 e. The van der Waals surface area contributed by atoms with Gasteiger partial charge in [-0.3, -0.25) is 4.79 Å². The molecule has 0 bridgehead atoms. The van der Waals surface area contributed by atoms with E-state index in [1.165, 1.54) is 70.7 Å². The number of amides is 1. The largest absolute Gasteiger partial charge is 0.495 e. The average molecular weight is 476 g/mol. The van der Waals surface area contributed by atoms with E-state index in [1.807, 2.05) is 0 Å². The third-order valence-corrected chi connectivity index (χ3v) is 7.99. The van der Waals surface area contributed by atoms with Crippen LogP contribution in [0.2, 0.25) is 5.02 Å². The van der Waals surface area contributed by atoms with Crippen molar-refractivity contribution in [1.29, 1.82) is 0 Å². The third-order valence-electron chi connectivity index (χ3n) is 4.11. The smallest absolute Gasteiger partial charge is 0.243 e. The van der Waals surface area contributed by atoms with Crippen molar-refractivity contribution in [2.45, 2.75) is 9.79 Å². The van der Waals surface area contributed by atoms with Gasteiger partial charge in [-0.1, -0.05) is 11.6 Å². The van der Waals surface area contributed by atoms with Crippen LogP contribution in [0.3, 0.4) is 0 Å². The first-order valence-electron chi connectivity index (χ1n) is 8.52. The van der Waals surface area contributed by atoms with E-state index in [1.54, 1.807) is 0 Å². The lowest BCUT2D eigenvalue weighted by molar-refractivity contribution is -0.116. The van der Waals surface area contributed by atoms with E-state index >= 15 is 0 Å². The van der Waals surface area contributed by atoms with Crippen molar-refractivity contribution in [3.05, 3.63) is 47.5 Å². The van der Waals surface area contributed by atoms with Crippen LogP contribution in [0.5, 0.6) is 5.75 Å². The number of benzene rings is 2. The molecule has 0 saturated carbocycles. The minimum absolute atomic E-state index is 0.0149. The van der Waals surface area contributed by atoms with E-state index in [2.05, 4.69) is 5.32 Å². The van der Waals surface area contributed by atoms with Crippen LogP contribution < -0.4 is 10.1 Å². The molecule has 1 amide bonds. The molecule has 0 radical (unpaired) electrons. The fourth-order valence-electron chi connectivity index (χ4n) is 2.42. The van der Waals surface area contributed by atoms with Crippen LogP contribution >= 0.6 is 11.6 Å². The van der Waals surface area contributed by atoms with Gasteiger partial charge in [-0.2, -0.15) is 4.31 Å². The standard InChI is InChI=1S/C18H22ClN3O6S2/c1-21(2)29(24,25)15-9-10-17(28-4)16(11-15)20-18(23)12-22(3)30(26,27)14-7-5-13(19)6-8-14/h5-11H,12H2,1-4H3,(H,20,23). The first kappa shape index (κ1) is 24.1. The van der Waals surface area contributed by atoms with E-state index in [9.17, 15) is 21.6 Å². The maximum absolute atomic E-state index is 12.6. The fourth-order valence-corrected chi connectivity index (χ4v) is 4.60. The van der Waals surface area contributed by atoms with E-state index < -0.39 is 32.5 Å². The summed E-state index contributed by atoms with van der Waals surface area (Å²) >= 11 is 5.78. The maximum atomic E-state index is 12.6. The number of rotatable bonds is 8. The van der Waals surface area contributed by atoms with Crippen molar-refractivity contribution >= 4 is 43.2 Å². The molecule has 0 aromatic heterocycles. The van der Waals surface area contributed by atoms with Crippen LogP contribution in [-0.2, 0) is 24.8 Å². The molecule has 12 heteroatoms. The molecule has 0 fully saturated rings. The molecule has 164 valence electrons. The quantitative estimate of drug-likeness (QED) is 0.623. The summed E-state index contributed by atoms with van der Waals surface area (Å²) in [5.74, 6) is -0.447. The number of methoxy groups -OCH3 is 1. The molecule has 0 aliphatic rings. The van der Waals surface area contributed by atoms with Crippen LogP contribution in [0.15, 0.2) is 52.3 Å². The number of ether oxygens (including phenoxy) is 1. The zero-order chi connectivity index (χ0) is 22.7. The van der Waals surface area contributed by atoms with Crippen molar-refractivity contribution in [3.8, 4) is 5.75 Å². The molecule has 0 heterocycles. The van der Waals surface area contributed by atoms with Crippen molar-refractivity contribution < 1.29 is 26.4 Å². The van der Waals surface area contributed by atoms with Gasteiger partial charge >= 0.3 is 0 Å². The highest BCUT2D eigenvalue weighted by Crippen LogP contribution is 2.28. The fraction of sp³-hybridized carbons (Fsp3) is 0.278. The first-order chi connectivity index (χ1) is 13.9. The molecule has 0 aliphatic heterocycles. The molecule has 2 aromatic carbocycles. The average Bonchev–Trinajstić information content (AvgIpc) is 2.67. The normalized spacial score (nSPS) is 12.2. The number of nitrogens with one attached hydrogen (secondary N) is 1. The number of hydrogen-bond acceptors (Lipinski definition) is 6. The second-order valence-electron chi connectivity index (χ2n) is 6.41. The Labute approximate surface area is 181 Å². The van der Waals surface area contributed by atoms with Gasteiger partial charge in [0.2, 0.25) is 26.0 Å². The predicted octanol–water partition coefficient (Wildman–Crippen LogP) is 1.86. The summed E-state index contributed by atoms with van der Waals surface area (Å²) in [5.41, 5.74) is 0.0997. The van der Waals surface area contributed by atoms with Crippen LogP contribution in [0, 0.1) is 0 Å². The Morgan fingerprint density at radius 3 is 2.07 bits per heavy atom. The Kier molecular flexibility index (Phi) is 7.48. The van der Waals surface area contributed by atoms with Crippen molar-refractivity contribution in [2.75, 3.05) is 40.1 Å². The number of likely N-dealkylation sites (N-methyl/N-ethyl adjacent to an activating group) is 1. The number of anilines is 1. The number of nitrogens with zero attached hydrogens (tertiary/aromatic N) is 2. The SMILES string of the molecule is COc1ccc(S(=O)(=O)N(C)C)cc1NC(=O)CN(C)S(=O)(=O)c1ccc(Cl)cc1. The van der Waals surface area contributed by atoms with E-state index in [0.717, 1.165) is 8.61 Å². The highest BCUT2D eigenvalue weighted by molar-refractivity contribution is 7.89. The van der Waals surface area contributed by atoms with Gasteiger partial charge in [-0.05, 0) is 42.5 Å². The zero-order valence-corrected chi connectivity index (χ0v) is 19.2. The van der Waals surface area contributed by atoms with Crippen LogP contribution in [0.1, 0.15) is 0 Å². The molecular weight excluding hydrogens is 454 g/mol. The topological polar surface area (TPSA) is 113 Å². The lowest BCUT2D eigenvalue weighted by atomic mass is 10.3. The molecule has 0 unspecified atom stereocenters. The van der Waals surface area contributed by atoms with Crippen LogP contribution in [0.4, 0.5) is 5.69 Å². The minimum Gasteiger partial charge on any atom is -0.495 e. The van der Waals surface area contributed by atoms with Crippen molar-refractivity contribution in [3.63, 3.8) is 0 Å². The molecule has 2 rings (SSSR count). The second-order valence-corrected chi connectivity index (χ2v) is 11.0. The highest BCUT2D eigenvalue weighted by Gasteiger charge is 2.24. The Hall–Kier alpha value is -2.18. The molecule has 9 nitrogen and oxygen atoms in total. The third kappa shape index (κ3) is 5.29. The highest BCUT2D eigenvalue weighted by atomic mass is 35.5. The molecule has 2 aromatic rings. The summed E-state index contributed by atoms with van der Waals surface area (Å²) in [6.45, 7) is -0.501. The summed E-state index contributed by atoms with van der Waals surface area (Å²) in [6, 6.07) is 9.55. The van der Waals surface area contributed by atoms with E-state index in [-0.39, 0.29) is 21.2 Å². The van der Waals surface area contributed by atoms with Gasteiger partial charge in [0.1, 0.15) is 5.75 Å². The second kappa shape index (κ2) is 9.31.